The lowest BCUT2D eigenvalue weighted by atomic mass is 10.0. The number of nitrogens with one attached hydrogen (secondary N) is 1. The zero-order chi connectivity index (χ0) is 14.4. The Bertz CT molecular complexity index is 522. The maximum absolute atomic E-state index is 12.4. The summed E-state index contributed by atoms with van der Waals surface area (Å²) in [5.74, 6) is 0.386. The fourth-order valence-electron chi connectivity index (χ4n) is 2.50. The Morgan fingerprint density at radius 2 is 1.95 bits per heavy atom. The topological polar surface area (TPSA) is 55.4 Å². The highest BCUT2D eigenvalue weighted by Gasteiger charge is 2.20. The number of ether oxygens (including phenoxy) is 1. The number of benzene rings is 1. The molecule has 5 heteroatoms. The van der Waals surface area contributed by atoms with Crippen molar-refractivity contribution < 1.29 is 13.2 Å². The third-order valence-electron chi connectivity index (χ3n) is 3.68. The Morgan fingerprint density at radius 3 is 2.65 bits per heavy atom. The zero-order valence-electron chi connectivity index (χ0n) is 12.0. The highest BCUT2D eigenvalue weighted by molar-refractivity contribution is 7.89. The van der Waals surface area contributed by atoms with Crippen molar-refractivity contribution in [3.63, 3.8) is 0 Å². The molecule has 1 aliphatic rings. The van der Waals surface area contributed by atoms with E-state index in [1.54, 1.807) is 12.1 Å². The van der Waals surface area contributed by atoms with Gasteiger partial charge in [0.25, 0.3) is 0 Å². The lowest BCUT2D eigenvalue weighted by molar-refractivity contribution is 0.0678. The molecule has 1 heterocycles. The van der Waals surface area contributed by atoms with Gasteiger partial charge in [-0.15, -0.1) is 0 Å². The predicted octanol–water partition coefficient (Wildman–Crippen LogP) is 2.34. The second-order valence-electron chi connectivity index (χ2n) is 5.27. The van der Waals surface area contributed by atoms with E-state index in [0.29, 0.717) is 17.4 Å². The number of hydrogen-bond acceptors (Lipinski definition) is 3. The molecule has 0 radical (unpaired) electrons. The minimum Gasteiger partial charge on any atom is -0.381 e. The second-order valence-corrected chi connectivity index (χ2v) is 7.00. The van der Waals surface area contributed by atoms with Gasteiger partial charge < -0.3 is 4.74 Å². The summed E-state index contributed by atoms with van der Waals surface area (Å²) in [6, 6.07) is 7.26. The summed E-state index contributed by atoms with van der Waals surface area (Å²) in [7, 11) is -3.40. The molecule has 0 amide bonds. The summed E-state index contributed by atoms with van der Waals surface area (Å²) in [5, 5.41) is 0. The van der Waals surface area contributed by atoms with Crippen LogP contribution < -0.4 is 4.72 Å². The maximum atomic E-state index is 12.4. The van der Waals surface area contributed by atoms with Crippen LogP contribution in [0.5, 0.6) is 0 Å². The van der Waals surface area contributed by atoms with Crippen molar-refractivity contribution in [3.8, 4) is 0 Å². The third kappa shape index (κ3) is 4.04. The number of rotatable bonds is 6. The average molecular weight is 297 g/mol. The number of aryl methyl sites for hydroxylation is 1. The van der Waals surface area contributed by atoms with Crippen molar-refractivity contribution in [1.29, 1.82) is 0 Å². The molecule has 0 aliphatic carbocycles. The fraction of sp³-hybridized carbons (Fsp3) is 0.600. The molecular weight excluding hydrogens is 274 g/mol. The molecule has 1 aromatic carbocycles. The first-order valence-corrected chi connectivity index (χ1v) is 8.77. The Kier molecular flexibility index (Phi) is 5.57. The molecular formula is C15H23NO3S. The molecule has 1 N–H and O–H groups in total. The van der Waals surface area contributed by atoms with Crippen LogP contribution in [0.3, 0.4) is 0 Å². The van der Waals surface area contributed by atoms with Gasteiger partial charge in [-0.3, -0.25) is 0 Å². The largest absolute Gasteiger partial charge is 0.381 e. The summed E-state index contributed by atoms with van der Waals surface area (Å²) in [4.78, 5) is 0.425. The van der Waals surface area contributed by atoms with Gasteiger partial charge in [-0.2, -0.15) is 0 Å². The first kappa shape index (κ1) is 15.5. The van der Waals surface area contributed by atoms with E-state index in [-0.39, 0.29) is 0 Å². The van der Waals surface area contributed by atoms with E-state index in [1.807, 2.05) is 12.1 Å². The average Bonchev–Trinajstić information content (AvgIpc) is 2.47. The normalized spacial score (nSPS) is 17.2. The van der Waals surface area contributed by atoms with Crippen LogP contribution in [0.2, 0.25) is 0 Å². The van der Waals surface area contributed by atoms with Crippen molar-refractivity contribution in [1.82, 2.24) is 4.72 Å². The number of sulfonamides is 1. The highest BCUT2D eigenvalue weighted by Crippen LogP contribution is 2.19. The summed E-state index contributed by atoms with van der Waals surface area (Å²) in [6.07, 6.45) is 3.58. The fourth-order valence-corrected chi connectivity index (χ4v) is 3.88. The Hall–Kier alpha value is -0.910. The van der Waals surface area contributed by atoms with Gasteiger partial charge in [-0.25, -0.2) is 13.1 Å². The van der Waals surface area contributed by atoms with E-state index in [1.165, 1.54) is 0 Å². The van der Waals surface area contributed by atoms with Crippen LogP contribution in [0.4, 0.5) is 0 Å². The Morgan fingerprint density at radius 1 is 1.25 bits per heavy atom. The van der Waals surface area contributed by atoms with E-state index >= 15 is 0 Å². The van der Waals surface area contributed by atoms with Crippen LogP contribution in [0.15, 0.2) is 29.2 Å². The van der Waals surface area contributed by atoms with E-state index < -0.39 is 10.0 Å². The Balaban J connectivity index is 2.05. The molecule has 0 atom stereocenters. The standard InChI is InChI=1S/C15H23NO3S/c1-2-5-14-6-3-4-7-15(14)20(17,18)16-12-13-8-10-19-11-9-13/h3-4,6-7,13,16H,2,5,8-12H2,1H3. The molecule has 2 rings (SSSR count). The summed E-state index contributed by atoms with van der Waals surface area (Å²) in [5.41, 5.74) is 0.898. The van der Waals surface area contributed by atoms with E-state index in [0.717, 1.165) is 44.5 Å². The molecule has 0 saturated carbocycles. The highest BCUT2D eigenvalue weighted by atomic mass is 32.2. The van der Waals surface area contributed by atoms with Gasteiger partial charge in [-0.1, -0.05) is 31.5 Å². The molecule has 1 aromatic rings. The molecule has 4 nitrogen and oxygen atoms in total. The van der Waals surface area contributed by atoms with E-state index in [2.05, 4.69) is 11.6 Å². The van der Waals surface area contributed by atoms with Crippen LogP contribution in [-0.2, 0) is 21.2 Å². The predicted molar refractivity (Wildman–Crippen MR) is 79.2 cm³/mol. The van der Waals surface area contributed by atoms with Crippen molar-refractivity contribution >= 4 is 10.0 Å². The van der Waals surface area contributed by atoms with Crippen LogP contribution in [0.1, 0.15) is 31.7 Å². The van der Waals surface area contributed by atoms with Crippen molar-refractivity contribution in [2.24, 2.45) is 5.92 Å². The molecule has 20 heavy (non-hydrogen) atoms. The monoisotopic (exact) mass is 297 g/mol. The van der Waals surface area contributed by atoms with Crippen molar-refractivity contribution in [2.45, 2.75) is 37.5 Å². The summed E-state index contributed by atoms with van der Waals surface area (Å²) < 4.78 is 32.9. The maximum Gasteiger partial charge on any atom is 0.240 e. The molecule has 0 unspecified atom stereocenters. The van der Waals surface area contributed by atoms with Gasteiger partial charge >= 0.3 is 0 Å². The van der Waals surface area contributed by atoms with Gasteiger partial charge in [0.1, 0.15) is 0 Å². The van der Waals surface area contributed by atoms with E-state index in [4.69, 9.17) is 4.74 Å². The van der Waals surface area contributed by atoms with Crippen LogP contribution in [0.25, 0.3) is 0 Å². The molecule has 1 aliphatic heterocycles. The SMILES string of the molecule is CCCc1ccccc1S(=O)(=O)NCC1CCOCC1. The van der Waals surface area contributed by atoms with Crippen molar-refractivity contribution in [3.05, 3.63) is 29.8 Å². The first-order valence-electron chi connectivity index (χ1n) is 7.29. The van der Waals surface area contributed by atoms with E-state index in [9.17, 15) is 8.42 Å². The molecule has 0 bridgehead atoms. The van der Waals surface area contributed by atoms with Crippen LogP contribution in [0, 0.1) is 5.92 Å². The summed E-state index contributed by atoms with van der Waals surface area (Å²) >= 11 is 0. The van der Waals surface area contributed by atoms with Gasteiger partial charge in [0.2, 0.25) is 10.0 Å². The zero-order valence-corrected chi connectivity index (χ0v) is 12.8. The second kappa shape index (κ2) is 7.20. The number of hydrogen-bond donors (Lipinski definition) is 1. The van der Waals surface area contributed by atoms with Crippen molar-refractivity contribution in [2.75, 3.05) is 19.8 Å². The minimum atomic E-state index is -3.40. The first-order chi connectivity index (χ1) is 9.63. The molecule has 0 aromatic heterocycles. The van der Waals surface area contributed by atoms with Gasteiger partial charge in [0, 0.05) is 19.8 Å². The Labute approximate surface area is 121 Å². The molecule has 0 spiro atoms. The van der Waals surface area contributed by atoms with Crippen LogP contribution >= 0.6 is 0 Å². The quantitative estimate of drug-likeness (QED) is 0.877. The molecule has 1 saturated heterocycles. The van der Waals surface area contributed by atoms with Gasteiger partial charge in [0.15, 0.2) is 0 Å². The van der Waals surface area contributed by atoms with Crippen LogP contribution in [-0.4, -0.2) is 28.2 Å². The minimum absolute atomic E-state index is 0.386. The van der Waals surface area contributed by atoms with Gasteiger partial charge in [-0.05, 0) is 36.8 Å². The lowest BCUT2D eigenvalue weighted by Gasteiger charge is -2.22. The van der Waals surface area contributed by atoms with Gasteiger partial charge in [0.05, 0.1) is 4.90 Å². The molecule has 112 valence electrons. The smallest absolute Gasteiger partial charge is 0.240 e. The summed E-state index contributed by atoms with van der Waals surface area (Å²) in [6.45, 7) is 4.03. The third-order valence-corrected chi connectivity index (χ3v) is 5.21. The molecule has 1 fully saturated rings. The lowest BCUT2D eigenvalue weighted by Crippen LogP contribution is -2.32.